The van der Waals surface area contributed by atoms with Crippen molar-refractivity contribution in [2.24, 2.45) is 7.05 Å². The molecule has 1 aliphatic rings. The lowest BCUT2D eigenvalue weighted by atomic mass is 10.1. The molecule has 0 saturated heterocycles. The van der Waals surface area contributed by atoms with Crippen molar-refractivity contribution in [2.45, 2.75) is 19.9 Å². The highest BCUT2D eigenvalue weighted by atomic mass is 16.5. The summed E-state index contributed by atoms with van der Waals surface area (Å²) in [6.45, 7) is 5.51. The maximum absolute atomic E-state index is 5.83. The summed E-state index contributed by atoms with van der Waals surface area (Å²) in [6, 6.07) is 14.1. The summed E-state index contributed by atoms with van der Waals surface area (Å²) in [5, 5.41) is 8.11. The summed E-state index contributed by atoms with van der Waals surface area (Å²) < 4.78 is 19.2. The number of ether oxygens (including phenoxy) is 3. The number of hydrogen-bond acceptors (Lipinski definition) is 5. The van der Waals surface area contributed by atoms with Crippen LogP contribution in [0.5, 0.6) is 17.2 Å². The van der Waals surface area contributed by atoms with Gasteiger partial charge in [0, 0.05) is 43.9 Å². The molecule has 6 heteroatoms. The smallest absolute Gasteiger partial charge is 0.161 e. The van der Waals surface area contributed by atoms with Crippen LogP contribution >= 0.6 is 0 Å². The van der Waals surface area contributed by atoms with Gasteiger partial charge in [-0.3, -0.25) is 4.68 Å². The highest BCUT2D eigenvalue weighted by Crippen LogP contribution is 2.34. The topological polar surface area (TPSA) is 57.5 Å². The van der Waals surface area contributed by atoms with Gasteiger partial charge in [0.25, 0.3) is 0 Å². The number of aromatic nitrogens is 2. The van der Waals surface area contributed by atoms with E-state index in [1.165, 1.54) is 5.56 Å². The van der Waals surface area contributed by atoms with Crippen molar-refractivity contribution in [2.75, 3.05) is 26.4 Å². The van der Waals surface area contributed by atoms with Crippen LogP contribution in [0.2, 0.25) is 0 Å². The molecule has 0 unspecified atom stereocenters. The number of nitrogens with zero attached hydrogens (tertiary/aromatic N) is 2. The van der Waals surface area contributed by atoms with Crippen LogP contribution in [0.15, 0.2) is 48.7 Å². The Hall–Kier alpha value is -2.99. The Labute approximate surface area is 171 Å². The quantitative estimate of drug-likeness (QED) is 0.620. The molecule has 0 spiro atoms. The van der Waals surface area contributed by atoms with E-state index in [1.807, 2.05) is 54.3 Å². The Morgan fingerprint density at radius 2 is 1.97 bits per heavy atom. The van der Waals surface area contributed by atoms with E-state index in [9.17, 15) is 0 Å². The minimum Gasteiger partial charge on any atom is -0.492 e. The number of rotatable bonds is 7. The van der Waals surface area contributed by atoms with E-state index >= 15 is 0 Å². The molecule has 4 rings (SSSR count). The average Bonchev–Trinajstić information content (AvgIpc) is 2.93. The zero-order chi connectivity index (χ0) is 20.1. The lowest BCUT2D eigenvalue weighted by molar-refractivity contribution is 0.297. The molecule has 0 fully saturated rings. The Morgan fingerprint density at radius 1 is 1.10 bits per heavy atom. The van der Waals surface area contributed by atoms with Crippen molar-refractivity contribution < 1.29 is 14.2 Å². The molecule has 0 radical (unpaired) electrons. The van der Waals surface area contributed by atoms with Crippen molar-refractivity contribution in [3.63, 3.8) is 0 Å². The SMILES string of the molecule is Cc1cccc(OCCNCc2cn(C)nc2-c2ccc3c(c2)OCCCO3)c1. The molecule has 1 aliphatic heterocycles. The number of aryl methyl sites for hydroxylation is 2. The van der Waals surface area contributed by atoms with Gasteiger partial charge in [0.05, 0.1) is 18.9 Å². The van der Waals surface area contributed by atoms with Crippen LogP contribution in [0, 0.1) is 6.92 Å². The van der Waals surface area contributed by atoms with Crippen molar-refractivity contribution in [3.05, 3.63) is 59.8 Å². The molecule has 0 atom stereocenters. The summed E-state index contributed by atoms with van der Waals surface area (Å²) in [7, 11) is 1.94. The maximum atomic E-state index is 5.83. The second kappa shape index (κ2) is 9.01. The van der Waals surface area contributed by atoms with E-state index in [4.69, 9.17) is 14.2 Å². The van der Waals surface area contributed by atoms with E-state index in [2.05, 4.69) is 23.4 Å². The first-order valence-corrected chi connectivity index (χ1v) is 10.0. The first-order valence-electron chi connectivity index (χ1n) is 10.0. The van der Waals surface area contributed by atoms with Gasteiger partial charge in [0.15, 0.2) is 11.5 Å². The van der Waals surface area contributed by atoms with Crippen LogP contribution in [0.3, 0.4) is 0 Å². The first kappa shape index (κ1) is 19.3. The summed E-state index contributed by atoms with van der Waals surface area (Å²) >= 11 is 0. The van der Waals surface area contributed by atoms with Gasteiger partial charge < -0.3 is 19.5 Å². The van der Waals surface area contributed by atoms with Gasteiger partial charge in [0.1, 0.15) is 12.4 Å². The molecule has 0 aliphatic carbocycles. The molecule has 152 valence electrons. The third-order valence-electron chi connectivity index (χ3n) is 4.78. The molecule has 0 saturated carbocycles. The standard InChI is InChI=1S/C23H27N3O3/c1-17-5-3-6-20(13-17)27-12-9-24-15-19-16-26(2)25-23(19)18-7-8-21-22(14-18)29-11-4-10-28-21/h3,5-8,13-14,16,24H,4,9-12,15H2,1-2H3. The molecule has 29 heavy (non-hydrogen) atoms. The summed E-state index contributed by atoms with van der Waals surface area (Å²) in [4.78, 5) is 0. The van der Waals surface area contributed by atoms with Gasteiger partial charge in [-0.2, -0.15) is 5.10 Å². The fourth-order valence-corrected chi connectivity index (χ4v) is 3.39. The summed E-state index contributed by atoms with van der Waals surface area (Å²) in [5.41, 5.74) is 4.32. The van der Waals surface area contributed by atoms with Gasteiger partial charge in [-0.15, -0.1) is 0 Å². The normalized spacial score (nSPS) is 13.2. The molecule has 0 bridgehead atoms. The third-order valence-corrected chi connectivity index (χ3v) is 4.78. The highest BCUT2D eigenvalue weighted by molar-refractivity contribution is 5.66. The van der Waals surface area contributed by atoms with E-state index in [0.29, 0.717) is 19.8 Å². The van der Waals surface area contributed by atoms with Crippen molar-refractivity contribution in [1.82, 2.24) is 15.1 Å². The fraction of sp³-hybridized carbons (Fsp3) is 0.348. The maximum Gasteiger partial charge on any atom is 0.161 e. The van der Waals surface area contributed by atoms with Gasteiger partial charge in [-0.05, 0) is 42.8 Å². The molecule has 2 heterocycles. The van der Waals surface area contributed by atoms with E-state index in [1.54, 1.807) is 0 Å². The Morgan fingerprint density at radius 3 is 2.83 bits per heavy atom. The van der Waals surface area contributed by atoms with E-state index < -0.39 is 0 Å². The van der Waals surface area contributed by atoms with Crippen molar-refractivity contribution in [1.29, 1.82) is 0 Å². The Bertz CT molecular complexity index is 968. The van der Waals surface area contributed by atoms with Crippen LogP contribution < -0.4 is 19.5 Å². The van der Waals surface area contributed by atoms with Crippen molar-refractivity contribution in [3.8, 4) is 28.5 Å². The van der Waals surface area contributed by atoms with Crippen LogP contribution in [0.4, 0.5) is 0 Å². The molecule has 0 amide bonds. The summed E-state index contributed by atoms with van der Waals surface area (Å²) in [6.07, 6.45) is 2.94. The first-order chi connectivity index (χ1) is 14.2. The Kier molecular flexibility index (Phi) is 6.00. The molecular weight excluding hydrogens is 366 g/mol. The zero-order valence-electron chi connectivity index (χ0n) is 17.0. The molecule has 6 nitrogen and oxygen atoms in total. The monoisotopic (exact) mass is 393 g/mol. The minimum atomic E-state index is 0.614. The van der Waals surface area contributed by atoms with Gasteiger partial charge >= 0.3 is 0 Å². The van der Waals surface area contributed by atoms with Crippen LogP contribution in [0.1, 0.15) is 17.5 Å². The number of benzene rings is 2. The van der Waals surface area contributed by atoms with Crippen molar-refractivity contribution >= 4 is 0 Å². The Balaban J connectivity index is 1.38. The largest absolute Gasteiger partial charge is 0.492 e. The fourth-order valence-electron chi connectivity index (χ4n) is 3.39. The van der Waals surface area contributed by atoms with E-state index in [0.717, 1.165) is 53.6 Å². The average molecular weight is 393 g/mol. The number of nitrogens with one attached hydrogen (secondary N) is 1. The predicted octanol–water partition coefficient (Wildman–Crippen LogP) is 3.73. The van der Waals surface area contributed by atoms with Gasteiger partial charge in [0.2, 0.25) is 0 Å². The number of hydrogen-bond donors (Lipinski definition) is 1. The third kappa shape index (κ3) is 4.90. The lowest BCUT2D eigenvalue weighted by Crippen LogP contribution is -2.20. The van der Waals surface area contributed by atoms with Gasteiger partial charge in [-0.1, -0.05) is 12.1 Å². The second-order valence-corrected chi connectivity index (χ2v) is 7.23. The molecule has 1 aromatic heterocycles. The van der Waals surface area contributed by atoms with E-state index in [-0.39, 0.29) is 0 Å². The molecule has 1 N–H and O–H groups in total. The van der Waals surface area contributed by atoms with Crippen LogP contribution in [-0.2, 0) is 13.6 Å². The zero-order valence-corrected chi connectivity index (χ0v) is 17.0. The highest BCUT2D eigenvalue weighted by Gasteiger charge is 2.15. The van der Waals surface area contributed by atoms with Gasteiger partial charge in [-0.25, -0.2) is 0 Å². The number of fused-ring (bicyclic) bond motifs is 1. The molecular formula is C23H27N3O3. The van der Waals surface area contributed by atoms with Crippen LogP contribution in [-0.4, -0.2) is 36.1 Å². The summed E-state index contributed by atoms with van der Waals surface area (Å²) in [5.74, 6) is 2.49. The van der Waals surface area contributed by atoms with Crippen LogP contribution in [0.25, 0.3) is 11.3 Å². The lowest BCUT2D eigenvalue weighted by Gasteiger charge is -2.10. The minimum absolute atomic E-state index is 0.614. The molecule has 2 aromatic carbocycles. The molecule has 3 aromatic rings. The predicted molar refractivity (Wildman–Crippen MR) is 113 cm³/mol. The second-order valence-electron chi connectivity index (χ2n) is 7.23.